The molecule has 0 spiro atoms. The number of hydrogen-bond acceptors (Lipinski definition) is 4. The molecule has 0 aliphatic heterocycles. The van der Waals surface area contributed by atoms with E-state index in [1.54, 1.807) is 6.92 Å². The maximum atomic E-state index is 11.2. The zero-order chi connectivity index (χ0) is 11.2. The highest BCUT2D eigenvalue weighted by Gasteiger charge is 2.10. The Hall–Kier alpha value is -0.130. The van der Waals surface area contributed by atoms with E-state index >= 15 is 0 Å². The number of rotatable bonds is 7. The van der Waals surface area contributed by atoms with E-state index in [1.807, 2.05) is 18.9 Å². The summed E-state index contributed by atoms with van der Waals surface area (Å²) >= 11 is 0. The van der Waals surface area contributed by atoms with Crippen molar-refractivity contribution < 1.29 is 13.5 Å². The van der Waals surface area contributed by atoms with Crippen LogP contribution in [0.1, 0.15) is 20.3 Å². The van der Waals surface area contributed by atoms with Gasteiger partial charge in [0.05, 0.1) is 12.4 Å². The zero-order valence-corrected chi connectivity index (χ0v) is 10.0. The Morgan fingerprint density at radius 1 is 1.43 bits per heavy atom. The van der Waals surface area contributed by atoms with Gasteiger partial charge >= 0.3 is 0 Å². The molecule has 0 saturated heterocycles. The van der Waals surface area contributed by atoms with Crippen LogP contribution in [0.15, 0.2) is 0 Å². The Morgan fingerprint density at radius 2 is 2.00 bits per heavy atom. The van der Waals surface area contributed by atoms with E-state index in [0.717, 1.165) is 0 Å². The molecular formula is C9H21NO3S. The van der Waals surface area contributed by atoms with Crippen LogP contribution in [0.2, 0.25) is 0 Å². The van der Waals surface area contributed by atoms with Gasteiger partial charge in [-0.1, -0.05) is 6.92 Å². The third-order valence-corrected chi connectivity index (χ3v) is 4.21. The summed E-state index contributed by atoms with van der Waals surface area (Å²) in [4.78, 5) is 1.96. The first kappa shape index (κ1) is 13.9. The van der Waals surface area contributed by atoms with Crippen molar-refractivity contribution in [2.75, 3.05) is 31.7 Å². The molecule has 0 aliphatic carbocycles. The van der Waals surface area contributed by atoms with Gasteiger partial charge in [0.15, 0.2) is 0 Å². The highest BCUT2D eigenvalue weighted by molar-refractivity contribution is 7.91. The molecule has 0 rings (SSSR count). The van der Waals surface area contributed by atoms with Gasteiger partial charge in [0.2, 0.25) is 0 Å². The fourth-order valence-corrected chi connectivity index (χ4v) is 1.90. The summed E-state index contributed by atoms with van der Waals surface area (Å²) in [5.74, 6) is 0.457. The Bertz CT molecular complexity index is 238. The van der Waals surface area contributed by atoms with Gasteiger partial charge in [0, 0.05) is 11.8 Å². The Kier molecular flexibility index (Phi) is 6.31. The van der Waals surface area contributed by atoms with E-state index in [1.165, 1.54) is 0 Å². The number of likely N-dealkylation sites (N-methyl/N-ethyl adjacent to an activating group) is 1. The minimum atomic E-state index is -2.84. The third kappa shape index (κ3) is 5.57. The first-order valence-electron chi connectivity index (χ1n) is 4.94. The number of sulfone groups is 1. The molecule has 0 aliphatic rings. The van der Waals surface area contributed by atoms with Gasteiger partial charge in [-0.15, -0.1) is 0 Å². The monoisotopic (exact) mass is 223 g/mol. The quantitative estimate of drug-likeness (QED) is 0.666. The summed E-state index contributed by atoms with van der Waals surface area (Å²) < 4.78 is 22.3. The molecular weight excluding hydrogens is 202 g/mol. The Morgan fingerprint density at radius 3 is 2.43 bits per heavy atom. The number of nitrogens with zero attached hydrogens (tertiary/aromatic N) is 1. The van der Waals surface area contributed by atoms with E-state index in [0.29, 0.717) is 13.0 Å². The topological polar surface area (TPSA) is 57.6 Å². The molecule has 86 valence electrons. The molecule has 0 heterocycles. The summed E-state index contributed by atoms with van der Waals surface area (Å²) in [5.41, 5.74) is 0. The molecule has 1 unspecified atom stereocenters. The lowest BCUT2D eigenvalue weighted by atomic mass is 10.3. The fourth-order valence-electron chi connectivity index (χ4n) is 1.04. The smallest absolute Gasteiger partial charge is 0.150 e. The van der Waals surface area contributed by atoms with Crippen molar-refractivity contribution in [3.05, 3.63) is 0 Å². The predicted octanol–water partition coefficient (Wildman–Crippen LogP) is 0.124. The molecule has 0 aromatic heterocycles. The maximum Gasteiger partial charge on any atom is 0.150 e. The van der Waals surface area contributed by atoms with Crippen molar-refractivity contribution in [1.82, 2.24) is 4.90 Å². The summed E-state index contributed by atoms with van der Waals surface area (Å²) in [5, 5.41) is 8.85. The molecule has 0 fully saturated rings. The second-order valence-electron chi connectivity index (χ2n) is 3.60. The summed E-state index contributed by atoms with van der Waals surface area (Å²) in [6, 6.07) is 0.0966. The molecule has 0 amide bonds. The molecule has 0 radical (unpaired) electrons. The van der Waals surface area contributed by atoms with E-state index in [-0.39, 0.29) is 24.2 Å². The lowest BCUT2D eigenvalue weighted by Gasteiger charge is -2.22. The van der Waals surface area contributed by atoms with Crippen molar-refractivity contribution >= 4 is 9.84 Å². The summed E-state index contributed by atoms with van der Waals surface area (Å²) in [6.07, 6.45) is 0.636. The minimum Gasteiger partial charge on any atom is -0.395 e. The van der Waals surface area contributed by atoms with Gasteiger partial charge in [0.1, 0.15) is 9.84 Å². The van der Waals surface area contributed by atoms with Gasteiger partial charge in [0.25, 0.3) is 0 Å². The maximum absolute atomic E-state index is 11.2. The SMILES string of the molecule is CCS(=O)(=O)CCCN(C)C(C)CO. The molecule has 4 nitrogen and oxygen atoms in total. The number of aliphatic hydroxyl groups is 1. The van der Waals surface area contributed by atoms with Crippen LogP contribution in [0.5, 0.6) is 0 Å². The van der Waals surface area contributed by atoms with Gasteiger partial charge in [-0.2, -0.15) is 0 Å². The Balaban J connectivity index is 3.75. The van der Waals surface area contributed by atoms with Crippen molar-refractivity contribution in [2.45, 2.75) is 26.3 Å². The first-order chi connectivity index (χ1) is 6.43. The van der Waals surface area contributed by atoms with Crippen LogP contribution in [0.25, 0.3) is 0 Å². The van der Waals surface area contributed by atoms with E-state index < -0.39 is 9.84 Å². The van der Waals surface area contributed by atoms with Gasteiger partial charge in [-0.3, -0.25) is 0 Å². The molecule has 0 saturated carbocycles. The summed E-state index contributed by atoms with van der Waals surface area (Å²) in [7, 11) is -0.948. The van der Waals surface area contributed by atoms with E-state index in [4.69, 9.17) is 5.11 Å². The van der Waals surface area contributed by atoms with Crippen LogP contribution in [0.4, 0.5) is 0 Å². The molecule has 5 heteroatoms. The van der Waals surface area contributed by atoms with Gasteiger partial charge in [-0.05, 0) is 26.9 Å². The summed E-state index contributed by atoms with van der Waals surface area (Å²) in [6.45, 7) is 4.39. The van der Waals surface area contributed by atoms with Crippen molar-refractivity contribution in [3.63, 3.8) is 0 Å². The first-order valence-corrected chi connectivity index (χ1v) is 6.76. The van der Waals surface area contributed by atoms with Crippen LogP contribution in [0.3, 0.4) is 0 Å². The fraction of sp³-hybridized carbons (Fsp3) is 1.00. The normalized spacial score (nSPS) is 14.6. The lowest BCUT2D eigenvalue weighted by molar-refractivity contribution is 0.159. The van der Waals surface area contributed by atoms with Gasteiger partial charge in [-0.25, -0.2) is 8.42 Å². The largest absolute Gasteiger partial charge is 0.395 e. The number of aliphatic hydroxyl groups excluding tert-OH is 1. The van der Waals surface area contributed by atoms with Crippen LogP contribution in [-0.2, 0) is 9.84 Å². The predicted molar refractivity (Wildman–Crippen MR) is 58.1 cm³/mol. The standard InChI is InChI=1S/C9H21NO3S/c1-4-14(12,13)7-5-6-10(3)9(2)8-11/h9,11H,4-8H2,1-3H3. The van der Waals surface area contributed by atoms with Crippen LogP contribution < -0.4 is 0 Å². The highest BCUT2D eigenvalue weighted by atomic mass is 32.2. The van der Waals surface area contributed by atoms with Crippen LogP contribution >= 0.6 is 0 Å². The van der Waals surface area contributed by atoms with Crippen LogP contribution in [-0.4, -0.2) is 56.2 Å². The molecule has 0 aromatic carbocycles. The average molecular weight is 223 g/mol. The second kappa shape index (κ2) is 6.37. The lowest BCUT2D eigenvalue weighted by Crippen LogP contribution is -2.33. The van der Waals surface area contributed by atoms with E-state index in [2.05, 4.69) is 0 Å². The van der Waals surface area contributed by atoms with Crippen molar-refractivity contribution in [1.29, 1.82) is 0 Å². The molecule has 14 heavy (non-hydrogen) atoms. The minimum absolute atomic E-state index is 0.0966. The number of hydrogen-bond donors (Lipinski definition) is 1. The van der Waals surface area contributed by atoms with Crippen molar-refractivity contribution in [2.24, 2.45) is 0 Å². The van der Waals surface area contributed by atoms with Crippen LogP contribution in [0, 0.1) is 0 Å². The molecule has 0 bridgehead atoms. The molecule has 1 atom stereocenters. The Labute approximate surface area is 86.8 Å². The molecule has 0 aromatic rings. The highest BCUT2D eigenvalue weighted by Crippen LogP contribution is 1.99. The van der Waals surface area contributed by atoms with Crippen molar-refractivity contribution in [3.8, 4) is 0 Å². The van der Waals surface area contributed by atoms with Gasteiger partial charge < -0.3 is 10.0 Å². The van der Waals surface area contributed by atoms with E-state index in [9.17, 15) is 8.42 Å². The zero-order valence-electron chi connectivity index (χ0n) is 9.23. The molecule has 1 N–H and O–H groups in total. The average Bonchev–Trinajstić information content (AvgIpc) is 2.16. The second-order valence-corrected chi connectivity index (χ2v) is 6.07. The third-order valence-electron chi connectivity index (χ3n) is 2.42.